The summed E-state index contributed by atoms with van der Waals surface area (Å²) >= 11 is 0. The zero-order valence-corrected chi connectivity index (χ0v) is 52.5. The summed E-state index contributed by atoms with van der Waals surface area (Å²) in [4.78, 5) is 113. The van der Waals surface area contributed by atoms with Gasteiger partial charge in [-0.25, -0.2) is 8.78 Å². The highest BCUT2D eigenvalue weighted by molar-refractivity contribution is 5.84. The third kappa shape index (κ3) is 32.7. The number of hydrogen-bond acceptors (Lipinski definition) is 20. The summed E-state index contributed by atoms with van der Waals surface area (Å²) in [6.07, 6.45) is -65.7. The molecule has 2 rings (SSSR count). The first-order valence-electron chi connectivity index (χ1n) is 28.5. The molecular weight excluding hydrogens is 1440 g/mol. The second kappa shape index (κ2) is 35.8. The molecule has 0 N–H and O–H groups in total. The van der Waals surface area contributed by atoms with Crippen LogP contribution in [-0.4, -0.2) is 191 Å². The van der Waals surface area contributed by atoms with Crippen LogP contribution in [0.4, 0.5) is 110 Å². The summed E-state index contributed by atoms with van der Waals surface area (Å²) in [5, 5.41) is 0. The molecule has 2 heterocycles. The molecule has 2 saturated heterocycles. The quantitative estimate of drug-likeness (QED) is 0.0188. The molecule has 0 aliphatic carbocycles. The summed E-state index contributed by atoms with van der Waals surface area (Å²) in [6, 6.07) is 0. The zero-order valence-electron chi connectivity index (χ0n) is 52.5. The summed E-state index contributed by atoms with van der Waals surface area (Å²) in [5.74, 6) is -36.7. The van der Waals surface area contributed by atoms with Crippen molar-refractivity contribution in [1.29, 1.82) is 0 Å². The molecule has 11 unspecified atom stereocenters. The Kier molecular flexibility index (Phi) is 32.7. The molecule has 0 radical (unpaired) electrons. The van der Waals surface area contributed by atoms with Gasteiger partial charge in [-0.15, -0.1) is 0 Å². The first kappa shape index (κ1) is 90.4. The molecule has 11 atom stereocenters. The molecule has 45 heteroatoms. The van der Waals surface area contributed by atoms with Gasteiger partial charge in [0.15, 0.2) is 13.2 Å². The number of esters is 9. The number of ether oxygens (including phenoxy) is 11. The smallest absolute Gasteiger partial charge is 0.434 e. The number of carbonyl (C=O) groups excluding carboxylic acids is 9. The highest BCUT2D eigenvalue weighted by Gasteiger charge is 2.64. The van der Waals surface area contributed by atoms with Crippen LogP contribution in [0.2, 0.25) is 0 Å². The normalized spacial score (nSPS) is 18.9. The molecule has 99 heavy (non-hydrogen) atoms. The molecule has 0 aromatic rings. The second-order valence-electron chi connectivity index (χ2n) is 23.1. The Labute approximate surface area is 543 Å². The Bertz CT molecular complexity index is 2650. The van der Waals surface area contributed by atoms with E-state index >= 15 is 0 Å². The van der Waals surface area contributed by atoms with Gasteiger partial charge < -0.3 is 52.1 Å². The third-order valence-corrected chi connectivity index (χ3v) is 14.1. The van der Waals surface area contributed by atoms with E-state index in [0.717, 1.165) is 27.7 Å². The largest absolute Gasteiger partial charge is 0.465 e. The van der Waals surface area contributed by atoms with E-state index < -0.39 is 219 Å². The van der Waals surface area contributed by atoms with Crippen molar-refractivity contribution in [2.24, 2.45) is 41.4 Å². The van der Waals surface area contributed by atoms with Crippen LogP contribution in [0.3, 0.4) is 0 Å². The molecule has 0 aromatic carbocycles. The number of carbonyl (C=O) groups is 9. The average molecular weight is 1510 g/mol. The van der Waals surface area contributed by atoms with Crippen molar-refractivity contribution >= 4 is 53.7 Å². The lowest BCUT2D eigenvalue weighted by atomic mass is 9.76. The summed E-state index contributed by atoms with van der Waals surface area (Å²) < 4.78 is 376. The molecule has 0 saturated carbocycles. The van der Waals surface area contributed by atoms with Crippen LogP contribution in [0.5, 0.6) is 0 Å². The molecule has 2 fully saturated rings. The Morgan fingerprint density at radius 1 is 0.414 bits per heavy atom. The van der Waals surface area contributed by atoms with E-state index in [2.05, 4.69) is 23.7 Å². The number of alkyl halides is 25. The van der Waals surface area contributed by atoms with Crippen molar-refractivity contribution in [3.8, 4) is 0 Å². The number of halogens is 25. The van der Waals surface area contributed by atoms with Crippen LogP contribution in [0.15, 0.2) is 0 Å². The zero-order chi connectivity index (χ0) is 77.4. The Morgan fingerprint density at radius 3 is 1.09 bits per heavy atom. The van der Waals surface area contributed by atoms with Gasteiger partial charge in [-0.2, -0.15) is 101 Å². The fourth-order valence-electron chi connectivity index (χ4n) is 8.70. The minimum atomic E-state index is -6.31. The average Bonchev–Trinajstić information content (AvgIpc) is 1.74. The number of rotatable bonds is 35. The maximum atomic E-state index is 13.6. The molecule has 20 nitrogen and oxygen atoms in total. The fraction of sp³-hybridized carbons (Fsp3) is 0.833. The summed E-state index contributed by atoms with van der Waals surface area (Å²) in [6.45, 7) is 2.03. The molecular formula is C54H65F25O20. The van der Waals surface area contributed by atoms with E-state index in [0.29, 0.717) is 46.8 Å². The van der Waals surface area contributed by atoms with Crippen molar-refractivity contribution in [3.05, 3.63) is 0 Å². The number of epoxide rings is 2. The SMILES string of the molecule is CC(=O)OC(C)(CC(C(=O)OCC(F)(F)F)C(C)C(=O)OCCCC1CO1)CC(C(=O)OCC(F)(F)C(F)F)C(C)C(=O)OC(C(F)(F)F)C(F)(F)F.CC(=O)OC(C)(CCC(C)C(=O)OCCC1CO1)CC(C(=O)OC(C(F)(F)F)C(F)(F)F)C(C)C(=O)OC(C(F)(F)F)C(F)(F)F. The van der Waals surface area contributed by atoms with E-state index in [1.807, 2.05) is 0 Å². The Morgan fingerprint density at radius 2 is 0.737 bits per heavy atom. The maximum absolute atomic E-state index is 13.6. The predicted octanol–water partition coefficient (Wildman–Crippen LogP) is 11.7. The van der Waals surface area contributed by atoms with Gasteiger partial charge in [-0.3, -0.25) is 43.2 Å². The van der Waals surface area contributed by atoms with Gasteiger partial charge in [0.2, 0.25) is 0 Å². The monoisotopic (exact) mass is 1510 g/mol. The predicted molar refractivity (Wildman–Crippen MR) is 271 cm³/mol. The fourth-order valence-corrected chi connectivity index (χ4v) is 8.70. The van der Waals surface area contributed by atoms with Gasteiger partial charge >= 0.3 is 109 Å². The van der Waals surface area contributed by atoms with E-state index in [4.69, 9.17) is 28.4 Å². The van der Waals surface area contributed by atoms with Crippen LogP contribution in [0.1, 0.15) is 107 Å². The molecule has 0 bridgehead atoms. The molecule has 576 valence electrons. The van der Waals surface area contributed by atoms with Crippen LogP contribution in [0.25, 0.3) is 0 Å². The van der Waals surface area contributed by atoms with E-state index in [-0.39, 0.29) is 38.3 Å². The Balaban J connectivity index is 0.000001000. The van der Waals surface area contributed by atoms with Gasteiger partial charge in [0.05, 0.1) is 80.1 Å². The lowest BCUT2D eigenvalue weighted by molar-refractivity contribution is -0.317. The van der Waals surface area contributed by atoms with Crippen LogP contribution in [0, 0.1) is 41.4 Å². The topological polar surface area (TPSA) is 262 Å². The van der Waals surface area contributed by atoms with Crippen LogP contribution < -0.4 is 0 Å². The van der Waals surface area contributed by atoms with E-state index in [1.165, 1.54) is 6.92 Å². The van der Waals surface area contributed by atoms with E-state index in [1.54, 1.807) is 0 Å². The maximum Gasteiger partial charge on any atom is 0.434 e. The van der Waals surface area contributed by atoms with Crippen molar-refractivity contribution in [3.63, 3.8) is 0 Å². The number of hydrogen-bond donors (Lipinski definition) is 0. The Hall–Kier alpha value is -6.60. The van der Waals surface area contributed by atoms with Gasteiger partial charge in [0.1, 0.15) is 11.2 Å². The summed E-state index contributed by atoms with van der Waals surface area (Å²) in [7, 11) is 0. The summed E-state index contributed by atoms with van der Waals surface area (Å²) in [5.41, 5.74) is -4.76. The minimum absolute atomic E-state index is 0.0565. The van der Waals surface area contributed by atoms with Crippen molar-refractivity contribution in [2.75, 3.05) is 39.6 Å². The lowest BCUT2D eigenvalue weighted by Gasteiger charge is -2.37. The third-order valence-electron chi connectivity index (χ3n) is 14.1. The first-order chi connectivity index (χ1) is 44.5. The second-order valence-corrected chi connectivity index (χ2v) is 23.1. The highest BCUT2D eigenvalue weighted by Crippen LogP contribution is 2.44. The first-order valence-corrected chi connectivity index (χ1v) is 28.5. The van der Waals surface area contributed by atoms with Gasteiger partial charge in [0, 0.05) is 39.5 Å². The van der Waals surface area contributed by atoms with Crippen LogP contribution >= 0.6 is 0 Å². The molecule has 2 aliphatic heterocycles. The molecule has 0 amide bonds. The molecule has 0 spiro atoms. The lowest BCUT2D eigenvalue weighted by Crippen LogP contribution is -2.50. The van der Waals surface area contributed by atoms with Crippen LogP contribution in [-0.2, 0) is 95.3 Å². The van der Waals surface area contributed by atoms with Crippen molar-refractivity contribution in [2.45, 2.75) is 204 Å². The van der Waals surface area contributed by atoms with Gasteiger partial charge in [-0.1, -0.05) is 27.7 Å². The van der Waals surface area contributed by atoms with Crippen molar-refractivity contribution in [1.82, 2.24) is 0 Å². The van der Waals surface area contributed by atoms with Gasteiger partial charge in [0.25, 0.3) is 18.3 Å². The molecule has 2 aliphatic rings. The van der Waals surface area contributed by atoms with E-state index in [9.17, 15) is 153 Å². The van der Waals surface area contributed by atoms with Crippen molar-refractivity contribution < 1.29 is 205 Å². The minimum Gasteiger partial charge on any atom is -0.465 e. The highest BCUT2D eigenvalue weighted by atomic mass is 19.4. The van der Waals surface area contributed by atoms with Gasteiger partial charge in [-0.05, 0) is 39.5 Å². The molecule has 0 aromatic heterocycles. The standard InChI is InChI=1S/C29H35F13O11.C25H30F12O9/c1-13(19(44)48-7-5-6-16-10-49-16)17(22(47)51-12-27(34,35)36)8-25(4,53-15(3)43)9-18(21(46)50-11-26(32,33)24(30)31)14(2)20(45)52-23(28(37,38)39)29(40,41)42;1-11(16(39)42-8-6-14-10-43-14)5-7-21(4,46-13(3)38)9-15(18(41)45-20(24(32,33)34)25(35,36)37)12(2)17(40)44-19(22(26,27)28)23(29,30)31/h13-14,16-18,23-24H,5-12H2,1-4H3;11-12,14-15,19-20H,5-10H2,1-4H3.